The highest BCUT2D eigenvalue weighted by Crippen LogP contribution is 2.27. The number of hydrogen-bond acceptors (Lipinski definition) is 8. The van der Waals surface area contributed by atoms with Gasteiger partial charge in [0.2, 0.25) is 11.6 Å². The lowest BCUT2D eigenvalue weighted by atomic mass is 10.3. The van der Waals surface area contributed by atoms with Gasteiger partial charge in [-0.1, -0.05) is 0 Å². The quantitative estimate of drug-likeness (QED) is 0.602. The molecule has 8 heteroatoms. The van der Waals surface area contributed by atoms with Crippen molar-refractivity contribution < 1.29 is 18.3 Å². The molecule has 3 aromatic rings. The van der Waals surface area contributed by atoms with Crippen LogP contribution in [0.1, 0.15) is 11.5 Å². The molecule has 0 aliphatic carbocycles. The Hall–Kier alpha value is -3.44. The smallest absolute Gasteiger partial charge is 0.266 e. The fourth-order valence-electron chi connectivity index (χ4n) is 2.41. The van der Waals surface area contributed by atoms with Gasteiger partial charge in [-0.05, 0) is 50.5 Å². The van der Waals surface area contributed by atoms with Gasteiger partial charge in [0.1, 0.15) is 29.9 Å². The van der Waals surface area contributed by atoms with Gasteiger partial charge >= 0.3 is 0 Å². The van der Waals surface area contributed by atoms with Crippen LogP contribution in [0.4, 0.5) is 5.88 Å². The van der Waals surface area contributed by atoms with Crippen LogP contribution in [0.2, 0.25) is 0 Å². The molecular weight excluding hydrogens is 360 g/mol. The molecule has 3 rings (SSSR count). The van der Waals surface area contributed by atoms with Crippen molar-refractivity contribution >= 4 is 5.88 Å². The monoisotopic (exact) mass is 382 g/mol. The van der Waals surface area contributed by atoms with Crippen LogP contribution in [0.3, 0.4) is 0 Å². The van der Waals surface area contributed by atoms with Crippen molar-refractivity contribution in [3.8, 4) is 29.2 Å². The number of hydrogen-bond donors (Lipinski definition) is 1. The maximum absolute atomic E-state index is 9.26. The number of nitrogens with one attached hydrogen (secondary N) is 1. The minimum absolute atomic E-state index is 0.196. The Balaban J connectivity index is 1.64. The third-order valence-corrected chi connectivity index (χ3v) is 3.89. The molecule has 2 aromatic heterocycles. The van der Waals surface area contributed by atoms with Crippen molar-refractivity contribution in [1.82, 2.24) is 9.88 Å². The zero-order valence-electron chi connectivity index (χ0n) is 16.1. The Morgan fingerprint density at radius 2 is 1.86 bits per heavy atom. The zero-order chi connectivity index (χ0) is 19.9. The van der Waals surface area contributed by atoms with Gasteiger partial charge in [0.15, 0.2) is 5.76 Å². The highest BCUT2D eigenvalue weighted by molar-refractivity contribution is 5.54. The molecule has 28 heavy (non-hydrogen) atoms. The number of oxazole rings is 1. The SMILES string of the molecule is COc1ccc(OCc2ccc(-c3nc(C#N)c(NCCN(C)C)o3)o2)cc1. The molecule has 0 saturated heterocycles. The van der Waals surface area contributed by atoms with Gasteiger partial charge in [0, 0.05) is 13.1 Å². The van der Waals surface area contributed by atoms with E-state index in [4.69, 9.17) is 18.3 Å². The summed E-state index contributed by atoms with van der Waals surface area (Å²) in [5.74, 6) is 3.11. The summed E-state index contributed by atoms with van der Waals surface area (Å²) >= 11 is 0. The highest BCUT2D eigenvalue weighted by atomic mass is 16.5. The molecule has 0 atom stereocenters. The molecule has 0 fully saturated rings. The summed E-state index contributed by atoms with van der Waals surface area (Å²) in [6, 6.07) is 12.8. The Morgan fingerprint density at radius 1 is 1.11 bits per heavy atom. The predicted molar refractivity (Wildman–Crippen MR) is 103 cm³/mol. The van der Waals surface area contributed by atoms with Gasteiger partial charge in [-0.25, -0.2) is 0 Å². The minimum Gasteiger partial charge on any atom is -0.497 e. The first-order valence-corrected chi connectivity index (χ1v) is 8.74. The van der Waals surface area contributed by atoms with Crippen LogP contribution in [0.5, 0.6) is 11.5 Å². The van der Waals surface area contributed by atoms with Crippen LogP contribution in [-0.4, -0.2) is 44.2 Å². The van der Waals surface area contributed by atoms with Crippen molar-refractivity contribution in [1.29, 1.82) is 5.26 Å². The first-order chi connectivity index (χ1) is 13.6. The second-order valence-electron chi connectivity index (χ2n) is 6.27. The fourth-order valence-corrected chi connectivity index (χ4v) is 2.41. The van der Waals surface area contributed by atoms with Gasteiger partial charge in [-0.2, -0.15) is 10.2 Å². The second kappa shape index (κ2) is 8.97. The number of methoxy groups -OCH3 is 1. The number of aromatic nitrogens is 1. The lowest BCUT2D eigenvalue weighted by molar-refractivity contribution is 0.270. The summed E-state index contributed by atoms with van der Waals surface area (Å²) in [5.41, 5.74) is 0.196. The fraction of sp³-hybridized carbons (Fsp3) is 0.300. The van der Waals surface area contributed by atoms with E-state index in [1.807, 2.05) is 49.3 Å². The molecule has 0 spiro atoms. The minimum atomic E-state index is 0.196. The van der Waals surface area contributed by atoms with Gasteiger partial charge in [0.25, 0.3) is 5.89 Å². The number of anilines is 1. The molecular formula is C20H22N4O4. The molecule has 0 aliphatic heterocycles. The molecule has 0 aliphatic rings. The third kappa shape index (κ3) is 4.84. The largest absolute Gasteiger partial charge is 0.497 e. The Morgan fingerprint density at radius 3 is 2.54 bits per heavy atom. The van der Waals surface area contributed by atoms with E-state index in [2.05, 4.69) is 10.3 Å². The molecule has 0 radical (unpaired) electrons. The Bertz CT molecular complexity index is 938. The topological polar surface area (TPSA) is 96.7 Å². The highest BCUT2D eigenvalue weighted by Gasteiger charge is 2.17. The second-order valence-corrected chi connectivity index (χ2v) is 6.27. The number of benzene rings is 1. The molecule has 0 unspecified atom stereocenters. The Labute approximate surface area is 163 Å². The van der Waals surface area contributed by atoms with Crippen LogP contribution < -0.4 is 14.8 Å². The van der Waals surface area contributed by atoms with E-state index in [1.54, 1.807) is 19.2 Å². The van der Waals surface area contributed by atoms with E-state index in [0.29, 0.717) is 29.7 Å². The zero-order valence-corrected chi connectivity index (χ0v) is 16.1. The summed E-state index contributed by atoms with van der Waals surface area (Å²) < 4.78 is 22.2. The van der Waals surface area contributed by atoms with Gasteiger partial charge in [0.05, 0.1) is 7.11 Å². The number of rotatable bonds is 9. The summed E-state index contributed by atoms with van der Waals surface area (Å²) in [5, 5.41) is 12.3. The van der Waals surface area contributed by atoms with E-state index < -0.39 is 0 Å². The molecule has 0 bridgehead atoms. The molecule has 8 nitrogen and oxygen atoms in total. The van der Waals surface area contributed by atoms with Crippen LogP contribution >= 0.6 is 0 Å². The Kier molecular flexibility index (Phi) is 6.19. The molecule has 146 valence electrons. The van der Waals surface area contributed by atoms with Crippen molar-refractivity contribution in [3.63, 3.8) is 0 Å². The molecule has 0 saturated carbocycles. The number of likely N-dealkylation sites (N-methyl/N-ethyl adjacent to an activating group) is 1. The van der Waals surface area contributed by atoms with Crippen LogP contribution in [0.25, 0.3) is 11.7 Å². The van der Waals surface area contributed by atoms with Gasteiger partial charge in [-0.3, -0.25) is 0 Å². The van der Waals surface area contributed by atoms with Gasteiger partial charge in [-0.15, -0.1) is 0 Å². The van der Waals surface area contributed by atoms with Crippen molar-refractivity contribution in [2.75, 3.05) is 39.6 Å². The average molecular weight is 382 g/mol. The molecule has 2 heterocycles. The van der Waals surface area contributed by atoms with Crippen molar-refractivity contribution in [2.24, 2.45) is 0 Å². The number of nitriles is 1. The van der Waals surface area contributed by atoms with E-state index in [1.165, 1.54) is 0 Å². The summed E-state index contributed by atoms with van der Waals surface area (Å²) in [7, 11) is 5.55. The number of nitrogens with zero attached hydrogens (tertiary/aromatic N) is 3. The normalized spacial score (nSPS) is 10.7. The lowest BCUT2D eigenvalue weighted by Crippen LogP contribution is -2.20. The van der Waals surface area contributed by atoms with Gasteiger partial charge < -0.3 is 28.5 Å². The van der Waals surface area contributed by atoms with Crippen LogP contribution in [0, 0.1) is 11.3 Å². The molecule has 1 aromatic carbocycles. The van der Waals surface area contributed by atoms with E-state index in [9.17, 15) is 5.26 Å². The first-order valence-electron chi connectivity index (χ1n) is 8.74. The standard InChI is InChI=1S/C20H22N4O4/c1-24(2)11-10-22-19-17(12-21)23-20(28-19)18-9-8-16(27-18)13-26-15-6-4-14(25-3)5-7-15/h4-9,22H,10-11,13H2,1-3H3. The lowest BCUT2D eigenvalue weighted by Gasteiger charge is -2.09. The number of furan rings is 1. The van der Waals surface area contributed by atoms with Crippen LogP contribution in [-0.2, 0) is 6.61 Å². The number of ether oxygens (including phenoxy) is 2. The van der Waals surface area contributed by atoms with E-state index in [-0.39, 0.29) is 18.2 Å². The third-order valence-electron chi connectivity index (χ3n) is 3.89. The maximum atomic E-state index is 9.26. The molecule has 0 amide bonds. The summed E-state index contributed by atoms with van der Waals surface area (Å²) in [6.07, 6.45) is 0. The molecule has 1 N–H and O–H groups in total. The van der Waals surface area contributed by atoms with Crippen molar-refractivity contribution in [3.05, 3.63) is 47.9 Å². The average Bonchev–Trinajstić information content (AvgIpc) is 3.33. The van der Waals surface area contributed by atoms with Crippen molar-refractivity contribution in [2.45, 2.75) is 6.61 Å². The summed E-state index contributed by atoms with van der Waals surface area (Å²) in [4.78, 5) is 6.22. The van der Waals surface area contributed by atoms with E-state index in [0.717, 1.165) is 12.3 Å². The van der Waals surface area contributed by atoms with E-state index >= 15 is 0 Å². The summed E-state index contributed by atoms with van der Waals surface area (Å²) in [6.45, 7) is 1.69. The predicted octanol–water partition coefficient (Wildman–Crippen LogP) is 3.37. The maximum Gasteiger partial charge on any atom is 0.266 e. The first kappa shape index (κ1) is 19.3. The van der Waals surface area contributed by atoms with Crippen LogP contribution in [0.15, 0.2) is 45.2 Å².